The molecule has 2 aromatic rings. The second-order valence-electron chi connectivity index (χ2n) is 4.84. The molecule has 0 saturated carbocycles. The Labute approximate surface area is 129 Å². The van der Waals surface area contributed by atoms with E-state index in [4.69, 9.17) is 18.0 Å². The zero-order valence-electron chi connectivity index (χ0n) is 12.1. The third-order valence-corrected chi connectivity index (χ3v) is 3.55. The lowest BCUT2D eigenvalue weighted by atomic mass is 10.1. The zero-order valence-corrected chi connectivity index (χ0v) is 12.9. The predicted molar refractivity (Wildman–Crippen MR) is 87.7 cm³/mol. The van der Waals surface area contributed by atoms with Crippen LogP contribution in [0, 0.1) is 13.8 Å². The second kappa shape index (κ2) is 6.49. The van der Waals surface area contributed by atoms with E-state index in [0.29, 0.717) is 17.4 Å². The minimum absolute atomic E-state index is 0.266. The van der Waals surface area contributed by atoms with Crippen molar-refractivity contribution in [3.8, 4) is 5.75 Å². The minimum Gasteiger partial charge on any atom is -0.508 e. The maximum absolute atomic E-state index is 9.25. The predicted octanol–water partition coefficient (Wildman–Crippen LogP) is 2.09. The van der Waals surface area contributed by atoms with Gasteiger partial charge in [0.1, 0.15) is 10.7 Å². The highest BCUT2D eigenvalue weighted by Gasteiger charge is 2.13. The third kappa shape index (κ3) is 3.66. The molecule has 2 rings (SSSR count). The molecule has 0 aliphatic heterocycles. The standard InChI is InChI=1S/C15H18N4OS/c1-9-10(2)18-19-15(13(9)14(16)21)17-8-7-11-3-5-12(20)6-4-11/h3-6,20H,7-8H2,1-2H3,(H2,16,21)(H,17,19). The lowest BCUT2D eigenvalue weighted by Crippen LogP contribution is -2.19. The highest BCUT2D eigenvalue weighted by Crippen LogP contribution is 2.18. The SMILES string of the molecule is Cc1nnc(NCCc2ccc(O)cc2)c(C(N)=S)c1C. The molecule has 0 aliphatic carbocycles. The summed E-state index contributed by atoms with van der Waals surface area (Å²) in [6.45, 7) is 4.49. The zero-order chi connectivity index (χ0) is 15.4. The molecule has 1 heterocycles. The van der Waals surface area contributed by atoms with Crippen molar-refractivity contribution in [1.82, 2.24) is 10.2 Å². The summed E-state index contributed by atoms with van der Waals surface area (Å²) in [6, 6.07) is 7.12. The first-order chi connectivity index (χ1) is 9.99. The Kier molecular flexibility index (Phi) is 4.70. The average molecular weight is 302 g/mol. The topological polar surface area (TPSA) is 84.1 Å². The average Bonchev–Trinajstić information content (AvgIpc) is 2.44. The Hall–Kier alpha value is -2.21. The quantitative estimate of drug-likeness (QED) is 0.733. The van der Waals surface area contributed by atoms with Crippen molar-refractivity contribution in [3.05, 3.63) is 46.6 Å². The Morgan fingerprint density at radius 2 is 1.90 bits per heavy atom. The van der Waals surface area contributed by atoms with Gasteiger partial charge in [0.25, 0.3) is 0 Å². The van der Waals surface area contributed by atoms with Crippen LogP contribution in [0.5, 0.6) is 5.75 Å². The van der Waals surface area contributed by atoms with Crippen LogP contribution in [0.4, 0.5) is 5.82 Å². The van der Waals surface area contributed by atoms with Gasteiger partial charge in [0.05, 0.1) is 11.3 Å². The van der Waals surface area contributed by atoms with Gasteiger partial charge in [0, 0.05) is 6.54 Å². The molecule has 4 N–H and O–H groups in total. The van der Waals surface area contributed by atoms with Crippen LogP contribution < -0.4 is 11.1 Å². The summed E-state index contributed by atoms with van der Waals surface area (Å²) in [5.74, 6) is 0.881. The van der Waals surface area contributed by atoms with Gasteiger partial charge in [-0.2, -0.15) is 5.10 Å². The molecule has 0 radical (unpaired) electrons. The van der Waals surface area contributed by atoms with Gasteiger partial charge >= 0.3 is 0 Å². The van der Waals surface area contributed by atoms with Crippen LogP contribution in [0.15, 0.2) is 24.3 Å². The van der Waals surface area contributed by atoms with E-state index >= 15 is 0 Å². The fourth-order valence-electron chi connectivity index (χ4n) is 2.02. The number of anilines is 1. The number of hydrogen-bond acceptors (Lipinski definition) is 5. The van der Waals surface area contributed by atoms with Crippen LogP contribution in [0.25, 0.3) is 0 Å². The van der Waals surface area contributed by atoms with E-state index in [9.17, 15) is 5.11 Å². The van der Waals surface area contributed by atoms with E-state index in [0.717, 1.165) is 28.8 Å². The smallest absolute Gasteiger partial charge is 0.159 e. The molecule has 1 aromatic heterocycles. The summed E-state index contributed by atoms with van der Waals surface area (Å²) in [7, 11) is 0. The van der Waals surface area contributed by atoms with E-state index in [2.05, 4.69) is 15.5 Å². The van der Waals surface area contributed by atoms with Gasteiger partial charge in [-0.25, -0.2) is 0 Å². The van der Waals surface area contributed by atoms with Gasteiger partial charge in [-0.1, -0.05) is 24.4 Å². The third-order valence-electron chi connectivity index (χ3n) is 3.34. The van der Waals surface area contributed by atoms with Crippen molar-refractivity contribution in [3.63, 3.8) is 0 Å². The van der Waals surface area contributed by atoms with Crippen molar-refractivity contribution in [2.45, 2.75) is 20.3 Å². The van der Waals surface area contributed by atoms with Crippen molar-refractivity contribution >= 4 is 23.0 Å². The van der Waals surface area contributed by atoms with E-state index < -0.39 is 0 Å². The number of aryl methyl sites for hydroxylation is 1. The lowest BCUT2D eigenvalue weighted by molar-refractivity contribution is 0.475. The van der Waals surface area contributed by atoms with E-state index in [1.807, 2.05) is 26.0 Å². The molecule has 1 aromatic carbocycles. The molecule has 0 atom stereocenters. The van der Waals surface area contributed by atoms with Gasteiger partial charge in [-0.15, -0.1) is 5.10 Å². The van der Waals surface area contributed by atoms with E-state index in [1.165, 1.54) is 0 Å². The van der Waals surface area contributed by atoms with Crippen LogP contribution in [0.1, 0.15) is 22.4 Å². The Balaban J connectivity index is 2.08. The largest absolute Gasteiger partial charge is 0.508 e. The minimum atomic E-state index is 0.266. The molecule has 6 heteroatoms. The van der Waals surface area contributed by atoms with E-state index in [-0.39, 0.29) is 5.75 Å². The number of rotatable bonds is 5. The lowest BCUT2D eigenvalue weighted by Gasteiger charge is -2.13. The summed E-state index contributed by atoms with van der Waals surface area (Å²) < 4.78 is 0. The first kappa shape index (κ1) is 15.2. The van der Waals surface area contributed by atoms with Gasteiger partial charge < -0.3 is 16.2 Å². The summed E-state index contributed by atoms with van der Waals surface area (Å²) in [5, 5.41) is 20.7. The summed E-state index contributed by atoms with van der Waals surface area (Å²) in [5.41, 5.74) is 9.42. The fraction of sp³-hybridized carbons (Fsp3) is 0.267. The number of aromatic hydroxyl groups is 1. The maximum Gasteiger partial charge on any atom is 0.159 e. The molecule has 0 aliphatic rings. The number of phenolic OH excluding ortho intramolecular Hbond substituents is 1. The summed E-state index contributed by atoms with van der Waals surface area (Å²) in [6.07, 6.45) is 0.797. The van der Waals surface area contributed by atoms with Gasteiger partial charge in [-0.3, -0.25) is 0 Å². The molecule has 0 amide bonds. The molecule has 5 nitrogen and oxygen atoms in total. The van der Waals surface area contributed by atoms with E-state index in [1.54, 1.807) is 12.1 Å². The number of nitrogens with zero attached hydrogens (tertiary/aromatic N) is 2. The molecular formula is C15H18N4OS. The molecule has 110 valence electrons. The van der Waals surface area contributed by atoms with Crippen LogP contribution in [0.2, 0.25) is 0 Å². The number of aromatic nitrogens is 2. The molecule has 0 spiro atoms. The Morgan fingerprint density at radius 3 is 2.52 bits per heavy atom. The molecule has 0 unspecified atom stereocenters. The number of phenols is 1. The number of hydrogen-bond donors (Lipinski definition) is 3. The fourth-order valence-corrected chi connectivity index (χ4v) is 2.27. The molecule has 0 bridgehead atoms. The van der Waals surface area contributed by atoms with Gasteiger partial charge in [0.2, 0.25) is 0 Å². The van der Waals surface area contributed by atoms with Crippen LogP contribution >= 0.6 is 12.2 Å². The number of nitrogens with two attached hydrogens (primary N) is 1. The van der Waals surface area contributed by atoms with Crippen LogP contribution in [-0.4, -0.2) is 26.8 Å². The highest BCUT2D eigenvalue weighted by atomic mass is 32.1. The van der Waals surface area contributed by atoms with Gasteiger partial charge in [-0.05, 0) is 43.5 Å². The number of thiocarbonyl (C=S) groups is 1. The molecule has 0 fully saturated rings. The second-order valence-corrected chi connectivity index (χ2v) is 5.28. The van der Waals surface area contributed by atoms with Gasteiger partial charge in [0.15, 0.2) is 5.82 Å². The summed E-state index contributed by atoms with van der Waals surface area (Å²) >= 11 is 5.10. The summed E-state index contributed by atoms with van der Waals surface area (Å²) in [4.78, 5) is 0.317. The normalized spacial score (nSPS) is 10.4. The number of benzene rings is 1. The van der Waals surface area contributed by atoms with Crippen molar-refractivity contribution in [2.24, 2.45) is 5.73 Å². The Morgan fingerprint density at radius 1 is 1.24 bits per heavy atom. The molecule has 21 heavy (non-hydrogen) atoms. The Bertz CT molecular complexity index is 655. The molecular weight excluding hydrogens is 284 g/mol. The van der Waals surface area contributed by atoms with Crippen LogP contribution in [0.3, 0.4) is 0 Å². The first-order valence-electron chi connectivity index (χ1n) is 6.64. The van der Waals surface area contributed by atoms with Crippen molar-refractivity contribution < 1.29 is 5.11 Å². The van der Waals surface area contributed by atoms with Crippen LogP contribution in [-0.2, 0) is 6.42 Å². The highest BCUT2D eigenvalue weighted by molar-refractivity contribution is 7.80. The van der Waals surface area contributed by atoms with Crippen molar-refractivity contribution in [1.29, 1.82) is 0 Å². The molecule has 0 saturated heterocycles. The maximum atomic E-state index is 9.25. The van der Waals surface area contributed by atoms with Crippen molar-refractivity contribution in [2.75, 3.05) is 11.9 Å². The monoisotopic (exact) mass is 302 g/mol. The first-order valence-corrected chi connectivity index (χ1v) is 7.05. The number of nitrogens with one attached hydrogen (secondary N) is 1.